The summed E-state index contributed by atoms with van der Waals surface area (Å²) >= 11 is 0. The molecule has 0 saturated heterocycles. The van der Waals surface area contributed by atoms with Crippen molar-refractivity contribution >= 4 is 23.2 Å². The number of ether oxygens (including phenoxy) is 1. The van der Waals surface area contributed by atoms with Crippen molar-refractivity contribution in [1.82, 2.24) is 15.4 Å². The molecule has 88 valence electrons. The summed E-state index contributed by atoms with van der Waals surface area (Å²) in [5, 5.41) is 21.9. The van der Waals surface area contributed by atoms with Gasteiger partial charge < -0.3 is 9.94 Å². The van der Waals surface area contributed by atoms with Crippen molar-refractivity contribution in [3.8, 4) is 0 Å². The Morgan fingerprint density at radius 1 is 1.59 bits per heavy atom. The summed E-state index contributed by atoms with van der Waals surface area (Å²) in [6.07, 6.45) is 1.21. The molecular weight excluding hydrogens is 224 g/mol. The molecule has 0 aliphatic heterocycles. The van der Waals surface area contributed by atoms with E-state index in [1.54, 1.807) is 13.0 Å². The van der Waals surface area contributed by atoms with Crippen molar-refractivity contribution in [2.75, 3.05) is 7.11 Å². The largest absolute Gasteiger partial charge is 0.465 e. The molecular formula is C10H10N4O3. The fourth-order valence-corrected chi connectivity index (χ4v) is 1.64. The summed E-state index contributed by atoms with van der Waals surface area (Å²) in [5.74, 6) is -0.472. The van der Waals surface area contributed by atoms with Crippen LogP contribution in [0.3, 0.4) is 0 Å². The second-order valence-electron chi connectivity index (χ2n) is 3.39. The SMILES string of the molecule is COC(=O)c1cc2n[nH]nc2c(C=NO)c1C. The average Bonchev–Trinajstić information content (AvgIpc) is 2.79. The molecule has 0 aliphatic carbocycles. The van der Waals surface area contributed by atoms with E-state index in [2.05, 4.69) is 25.3 Å². The van der Waals surface area contributed by atoms with Gasteiger partial charge in [-0.05, 0) is 18.6 Å². The molecule has 0 radical (unpaired) electrons. The van der Waals surface area contributed by atoms with Crippen molar-refractivity contribution in [3.63, 3.8) is 0 Å². The van der Waals surface area contributed by atoms with Crippen molar-refractivity contribution in [1.29, 1.82) is 0 Å². The molecule has 2 aromatic rings. The van der Waals surface area contributed by atoms with Crippen LogP contribution >= 0.6 is 0 Å². The van der Waals surface area contributed by atoms with Gasteiger partial charge in [-0.15, -0.1) is 0 Å². The zero-order valence-electron chi connectivity index (χ0n) is 9.26. The van der Waals surface area contributed by atoms with E-state index < -0.39 is 5.97 Å². The van der Waals surface area contributed by atoms with Gasteiger partial charge in [0.05, 0.1) is 18.9 Å². The molecule has 0 fully saturated rings. The molecule has 7 nitrogen and oxygen atoms in total. The summed E-state index contributed by atoms with van der Waals surface area (Å²) < 4.78 is 4.67. The van der Waals surface area contributed by atoms with Gasteiger partial charge in [0, 0.05) is 5.56 Å². The number of esters is 1. The second-order valence-corrected chi connectivity index (χ2v) is 3.39. The van der Waals surface area contributed by atoms with E-state index in [-0.39, 0.29) is 0 Å². The lowest BCUT2D eigenvalue weighted by atomic mass is 10.0. The molecule has 1 aromatic carbocycles. The lowest BCUT2D eigenvalue weighted by molar-refractivity contribution is 0.0600. The Hall–Kier alpha value is -2.44. The Morgan fingerprint density at radius 3 is 3.00 bits per heavy atom. The molecule has 1 aromatic heterocycles. The molecule has 0 bridgehead atoms. The van der Waals surface area contributed by atoms with Crippen molar-refractivity contribution in [3.05, 3.63) is 22.8 Å². The first-order valence-corrected chi connectivity index (χ1v) is 4.79. The number of nitrogens with zero attached hydrogens (tertiary/aromatic N) is 3. The van der Waals surface area contributed by atoms with Crippen LogP contribution in [0.2, 0.25) is 0 Å². The third-order valence-corrected chi connectivity index (χ3v) is 2.51. The summed E-state index contributed by atoms with van der Waals surface area (Å²) in [6.45, 7) is 1.72. The normalized spacial score (nSPS) is 11.2. The van der Waals surface area contributed by atoms with E-state index in [1.807, 2.05) is 0 Å². The molecule has 0 aliphatic rings. The molecule has 17 heavy (non-hydrogen) atoms. The summed E-state index contributed by atoms with van der Waals surface area (Å²) in [7, 11) is 1.30. The van der Waals surface area contributed by atoms with E-state index in [0.717, 1.165) is 0 Å². The van der Waals surface area contributed by atoms with Gasteiger partial charge in [0.1, 0.15) is 11.0 Å². The minimum atomic E-state index is -0.472. The second kappa shape index (κ2) is 4.20. The van der Waals surface area contributed by atoms with Crippen LogP contribution in [-0.4, -0.2) is 39.9 Å². The van der Waals surface area contributed by atoms with Crippen LogP contribution in [0.5, 0.6) is 0 Å². The smallest absolute Gasteiger partial charge is 0.338 e. The minimum absolute atomic E-state index is 0.365. The Balaban J connectivity index is 2.78. The molecule has 0 spiro atoms. The standard InChI is InChI=1S/C10H10N4O3/c1-5-6(10(15)17-2)3-8-9(13-14-12-8)7(5)4-11-16/h3-4,16H,1-2H3,(H,12,13,14). The Labute approximate surface area is 96.1 Å². The van der Waals surface area contributed by atoms with Gasteiger partial charge in [-0.2, -0.15) is 15.4 Å². The van der Waals surface area contributed by atoms with Crippen LogP contribution in [0.1, 0.15) is 21.5 Å². The predicted molar refractivity (Wildman–Crippen MR) is 59.3 cm³/mol. The van der Waals surface area contributed by atoms with Crippen molar-refractivity contribution in [2.24, 2.45) is 5.16 Å². The van der Waals surface area contributed by atoms with Gasteiger partial charge >= 0.3 is 5.97 Å². The number of fused-ring (bicyclic) bond motifs is 1. The van der Waals surface area contributed by atoms with E-state index in [4.69, 9.17) is 5.21 Å². The molecule has 2 rings (SSSR count). The van der Waals surface area contributed by atoms with Gasteiger partial charge in [0.15, 0.2) is 0 Å². The molecule has 0 unspecified atom stereocenters. The van der Waals surface area contributed by atoms with E-state index in [9.17, 15) is 4.79 Å². The first kappa shape index (κ1) is 11.1. The monoisotopic (exact) mass is 234 g/mol. The Bertz CT molecular complexity index is 603. The fourth-order valence-electron chi connectivity index (χ4n) is 1.64. The lowest BCUT2D eigenvalue weighted by Crippen LogP contribution is -2.06. The number of hydrogen-bond donors (Lipinski definition) is 2. The zero-order valence-corrected chi connectivity index (χ0v) is 9.26. The third-order valence-electron chi connectivity index (χ3n) is 2.51. The molecule has 0 atom stereocenters. The average molecular weight is 234 g/mol. The summed E-state index contributed by atoms with van der Waals surface area (Å²) in [5.41, 5.74) is 2.55. The maximum absolute atomic E-state index is 11.6. The zero-order chi connectivity index (χ0) is 12.4. The number of H-pyrrole nitrogens is 1. The van der Waals surface area contributed by atoms with E-state index in [0.29, 0.717) is 27.7 Å². The minimum Gasteiger partial charge on any atom is -0.465 e. The maximum atomic E-state index is 11.6. The number of benzene rings is 1. The Morgan fingerprint density at radius 2 is 2.35 bits per heavy atom. The van der Waals surface area contributed by atoms with Crippen LogP contribution in [0.15, 0.2) is 11.2 Å². The van der Waals surface area contributed by atoms with Gasteiger partial charge in [-0.1, -0.05) is 5.16 Å². The number of rotatable bonds is 2. The van der Waals surface area contributed by atoms with E-state index in [1.165, 1.54) is 13.3 Å². The molecule has 1 heterocycles. The highest BCUT2D eigenvalue weighted by Gasteiger charge is 2.17. The van der Waals surface area contributed by atoms with Crippen LogP contribution in [0, 0.1) is 6.92 Å². The van der Waals surface area contributed by atoms with Crippen LogP contribution < -0.4 is 0 Å². The number of methoxy groups -OCH3 is 1. The van der Waals surface area contributed by atoms with E-state index >= 15 is 0 Å². The predicted octanol–water partition coefficient (Wildman–Crippen LogP) is 0.861. The molecule has 2 N–H and O–H groups in total. The van der Waals surface area contributed by atoms with Gasteiger partial charge in [0.2, 0.25) is 0 Å². The first-order chi connectivity index (χ1) is 8.19. The number of hydrogen-bond acceptors (Lipinski definition) is 6. The molecule has 7 heteroatoms. The van der Waals surface area contributed by atoms with Crippen molar-refractivity contribution < 1.29 is 14.7 Å². The van der Waals surface area contributed by atoms with Crippen molar-refractivity contribution in [2.45, 2.75) is 6.92 Å². The van der Waals surface area contributed by atoms with Gasteiger partial charge in [-0.25, -0.2) is 4.79 Å². The molecule has 0 saturated carbocycles. The summed E-state index contributed by atoms with van der Waals surface area (Å²) in [6, 6.07) is 1.58. The number of nitrogens with one attached hydrogen (secondary N) is 1. The number of oxime groups is 1. The third kappa shape index (κ3) is 1.71. The highest BCUT2D eigenvalue weighted by atomic mass is 16.5. The Kier molecular flexibility index (Phi) is 2.73. The fraction of sp³-hybridized carbons (Fsp3) is 0.200. The van der Waals surface area contributed by atoms with Crippen LogP contribution in [0.25, 0.3) is 11.0 Å². The first-order valence-electron chi connectivity index (χ1n) is 4.79. The highest BCUT2D eigenvalue weighted by molar-refractivity contribution is 6.04. The summed E-state index contributed by atoms with van der Waals surface area (Å²) in [4.78, 5) is 11.6. The molecule has 0 amide bonds. The number of carbonyl (C=O) groups excluding carboxylic acids is 1. The quantitative estimate of drug-likeness (QED) is 0.347. The highest BCUT2D eigenvalue weighted by Crippen LogP contribution is 2.21. The van der Waals surface area contributed by atoms with Gasteiger partial charge in [0.25, 0.3) is 0 Å². The lowest BCUT2D eigenvalue weighted by Gasteiger charge is -2.06. The maximum Gasteiger partial charge on any atom is 0.338 e. The van der Waals surface area contributed by atoms with Crippen LogP contribution in [0.4, 0.5) is 0 Å². The van der Waals surface area contributed by atoms with Crippen LogP contribution in [-0.2, 0) is 4.74 Å². The topological polar surface area (TPSA) is 100 Å². The van der Waals surface area contributed by atoms with Gasteiger partial charge in [-0.3, -0.25) is 0 Å². The number of aromatic amines is 1. The number of carbonyl (C=O) groups is 1. The number of aromatic nitrogens is 3.